The summed E-state index contributed by atoms with van der Waals surface area (Å²) in [5.74, 6) is 0.705. The van der Waals surface area contributed by atoms with Crippen molar-refractivity contribution in [3.05, 3.63) is 231 Å². The fourth-order valence-electron chi connectivity index (χ4n) is 9.70. The largest absolute Gasteiger partial charge is 0.310 e. The second-order valence-corrected chi connectivity index (χ2v) is 17.7. The summed E-state index contributed by atoms with van der Waals surface area (Å²) in [5.41, 5.74) is 13.0. The van der Waals surface area contributed by atoms with Crippen molar-refractivity contribution in [3.8, 4) is 39.5 Å². The van der Waals surface area contributed by atoms with Crippen molar-refractivity contribution in [1.82, 2.24) is 14.5 Å². The van der Waals surface area contributed by atoms with Crippen LogP contribution in [0, 0.1) is 0 Å². The molecule has 4 nitrogen and oxygen atoms in total. The van der Waals surface area contributed by atoms with Gasteiger partial charge in [0.1, 0.15) is 0 Å². The Kier molecular flexibility index (Phi) is 8.68. The molecule has 5 heteroatoms. The first-order chi connectivity index (χ1) is 32.2. The topological polar surface area (TPSA) is 34.0 Å². The molecule has 0 saturated heterocycles. The van der Waals surface area contributed by atoms with Gasteiger partial charge in [-0.2, -0.15) is 0 Å². The Labute approximate surface area is 379 Å². The van der Waals surface area contributed by atoms with Crippen molar-refractivity contribution in [2.24, 2.45) is 0 Å². The molecule has 0 fully saturated rings. The average molecular weight is 847 g/mol. The van der Waals surface area contributed by atoms with Gasteiger partial charge in [0.15, 0.2) is 5.82 Å². The molecule has 10 aromatic carbocycles. The van der Waals surface area contributed by atoms with E-state index in [1.54, 1.807) is 0 Å². The van der Waals surface area contributed by atoms with Crippen molar-refractivity contribution in [1.29, 1.82) is 0 Å². The molecule has 65 heavy (non-hydrogen) atoms. The van der Waals surface area contributed by atoms with Gasteiger partial charge in [0.2, 0.25) is 0 Å². The zero-order valence-corrected chi connectivity index (χ0v) is 36.0. The number of fused-ring (bicyclic) bond motifs is 8. The number of benzene rings is 10. The number of hydrogen-bond donors (Lipinski definition) is 0. The normalized spacial score (nSPS) is 11.7. The number of nitrogens with zero attached hydrogens (tertiary/aromatic N) is 4. The second kappa shape index (κ2) is 15.2. The zero-order valence-electron chi connectivity index (χ0n) is 35.1. The Morgan fingerprint density at radius 2 is 1.00 bits per heavy atom. The fraction of sp³-hybridized carbons (Fsp3) is 0. The minimum absolute atomic E-state index is 0.705. The summed E-state index contributed by atoms with van der Waals surface area (Å²) in [6, 6.07) is 82.8. The first-order valence-electron chi connectivity index (χ1n) is 22.0. The van der Waals surface area contributed by atoms with Crippen LogP contribution in [0.1, 0.15) is 0 Å². The van der Waals surface area contributed by atoms with Crippen LogP contribution in [0.5, 0.6) is 0 Å². The predicted molar refractivity (Wildman–Crippen MR) is 275 cm³/mol. The highest BCUT2D eigenvalue weighted by molar-refractivity contribution is 7.25. The standard InChI is InChI=1S/C60H38N4S/c1-2-13-39(14-3-1)40-25-27-42(28-26-40)59-50-20-6-9-21-53(50)61-60(62-59)43-29-35-56-51(37-43)48-18-7-10-22-55(48)64(56)45-32-30-44(31-33-45)63(54-23-12-16-41-15-4-5-17-47(41)54)46-34-36-58-52(38-46)49-19-8-11-24-57(49)65-58/h1-38H. The molecular weight excluding hydrogens is 809 g/mol. The van der Waals surface area contributed by atoms with E-state index >= 15 is 0 Å². The molecule has 0 aliphatic carbocycles. The highest BCUT2D eigenvalue weighted by Gasteiger charge is 2.20. The Morgan fingerprint density at radius 3 is 1.86 bits per heavy atom. The van der Waals surface area contributed by atoms with Crippen LogP contribution in [0.4, 0.5) is 17.1 Å². The molecule has 13 rings (SSSR count). The first kappa shape index (κ1) is 37.2. The smallest absolute Gasteiger partial charge is 0.160 e. The Morgan fingerprint density at radius 1 is 0.369 bits per heavy atom. The summed E-state index contributed by atoms with van der Waals surface area (Å²) in [7, 11) is 0. The van der Waals surface area contributed by atoms with Crippen molar-refractivity contribution in [2.45, 2.75) is 0 Å². The van der Waals surface area contributed by atoms with Gasteiger partial charge in [0.25, 0.3) is 0 Å². The molecule has 304 valence electrons. The van der Waals surface area contributed by atoms with E-state index in [-0.39, 0.29) is 0 Å². The summed E-state index contributed by atoms with van der Waals surface area (Å²) in [5, 5.41) is 8.35. The van der Waals surface area contributed by atoms with Gasteiger partial charge in [0.05, 0.1) is 27.9 Å². The number of aromatic nitrogens is 3. The van der Waals surface area contributed by atoms with Gasteiger partial charge in [-0.1, -0.05) is 146 Å². The zero-order chi connectivity index (χ0) is 42.8. The molecule has 0 unspecified atom stereocenters. The van der Waals surface area contributed by atoms with Crippen molar-refractivity contribution in [2.75, 3.05) is 4.90 Å². The van der Waals surface area contributed by atoms with Crippen molar-refractivity contribution < 1.29 is 0 Å². The maximum atomic E-state index is 5.30. The van der Waals surface area contributed by atoms with E-state index in [9.17, 15) is 0 Å². The maximum Gasteiger partial charge on any atom is 0.160 e. The predicted octanol–water partition coefficient (Wildman–Crippen LogP) is 16.7. The number of para-hydroxylation sites is 2. The van der Waals surface area contributed by atoms with E-state index < -0.39 is 0 Å². The van der Waals surface area contributed by atoms with E-state index in [0.717, 1.165) is 66.9 Å². The van der Waals surface area contributed by atoms with E-state index in [0.29, 0.717) is 5.82 Å². The quantitative estimate of drug-likeness (QED) is 0.160. The number of thiophene rings is 1. The van der Waals surface area contributed by atoms with Crippen LogP contribution in [0.3, 0.4) is 0 Å². The van der Waals surface area contributed by atoms with Crippen molar-refractivity contribution in [3.63, 3.8) is 0 Å². The third-order valence-corrected chi connectivity index (χ3v) is 13.9. The lowest BCUT2D eigenvalue weighted by atomic mass is 10.0. The summed E-state index contributed by atoms with van der Waals surface area (Å²) < 4.78 is 4.98. The Hall–Kier alpha value is -8.38. The van der Waals surface area contributed by atoms with Crippen LogP contribution in [0.15, 0.2) is 231 Å². The van der Waals surface area contributed by atoms with Gasteiger partial charge >= 0.3 is 0 Å². The highest BCUT2D eigenvalue weighted by Crippen LogP contribution is 2.44. The van der Waals surface area contributed by atoms with Gasteiger partial charge in [0, 0.05) is 69.9 Å². The first-order valence-corrected chi connectivity index (χ1v) is 22.8. The maximum absolute atomic E-state index is 5.30. The third kappa shape index (κ3) is 6.28. The molecule has 0 radical (unpaired) electrons. The molecule has 3 aromatic heterocycles. The SMILES string of the molecule is c1ccc(-c2ccc(-c3nc(-c4ccc5c(c4)c4ccccc4n5-c4ccc(N(c5ccc6sc7ccccc7c6c5)c5cccc6ccccc56)cc4)nc4ccccc34)cc2)cc1. The third-order valence-electron chi connectivity index (χ3n) is 12.8. The van der Waals surface area contributed by atoms with E-state index in [2.05, 4.69) is 240 Å². The van der Waals surface area contributed by atoms with Crippen LogP contribution in [0.25, 0.3) is 103 Å². The van der Waals surface area contributed by atoms with Gasteiger partial charge in [-0.3, -0.25) is 0 Å². The molecular formula is C60H38N4S. The lowest BCUT2D eigenvalue weighted by molar-refractivity contribution is 1.17. The molecule has 0 saturated carbocycles. The monoisotopic (exact) mass is 846 g/mol. The fourth-order valence-corrected chi connectivity index (χ4v) is 10.8. The molecule has 0 spiro atoms. The van der Waals surface area contributed by atoms with Crippen LogP contribution >= 0.6 is 11.3 Å². The molecule has 0 bridgehead atoms. The van der Waals surface area contributed by atoms with Crippen LogP contribution in [-0.4, -0.2) is 14.5 Å². The van der Waals surface area contributed by atoms with E-state index in [1.165, 1.54) is 47.5 Å². The molecule has 0 aliphatic rings. The van der Waals surface area contributed by atoms with Crippen LogP contribution < -0.4 is 4.90 Å². The molecule has 0 N–H and O–H groups in total. The van der Waals surface area contributed by atoms with Crippen molar-refractivity contribution >= 4 is 92.1 Å². The number of hydrogen-bond acceptors (Lipinski definition) is 4. The lowest BCUT2D eigenvalue weighted by Gasteiger charge is -2.27. The molecule has 0 aliphatic heterocycles. The summed E-state index contributed by atoms with van der Waals surface area (Å²) in [6.45, 7) is 0. The minimum Gasteiger partial charge on any atom is -0.310 e. The van der Waals surface area contributed by atoms with Crippen LogP contribution in [-0.2, 0) is 0 Å². The molecule has 13 aromatic rings. The van der Waals surface area contributed by atoms with Crippen LogP contribution in [0.2, 0.25) is 0 Å². The molecule has 0 amide bonds. The number of anilines is 3. The highest BCUT2D eigenvalue weighted by atomic mass is 32.1. The summed E-state index contributed by atoms with van der Waals surface area (Å²) in [6.07, 6.45) is 0. The molecule has 0 atom stereocenters. The Bertz CT molecular complexity index is 3940. The van der Waals surface area contributed by atoms with Gasteiger partial charge in [-0.25, -0.2) is 9.97 Å². The summed E-state index contributed by atoms with van der Waals surface area (Å²) in [4.78, 5) is 12.9. The summed E-state index contributed by atoms with van der Waals surface area (Å²) >= 11 is 1.85. The van der Waals surface area contributed by atoms with Gasteiger partial charge in [-0.05, 0) is 101 Å². The lowest BCUT2D eigenvalue weighted by Crippen LogP contribution is -2.10. The van der Waals surface area contributed by atoms with E-state index in [1.807, 2.05) is 11.3 Å². The minimum atomic E-state index is 0.705. The Balaban J connectivity index is 0.921. The number of rotatable bonds is 7. The van der Waals surface area contributed by atoms with E-state index in [4.69, 9.17) is 9.97 Å². The van der Waals surface area contributed by atoms with Gasteiger partial charge in [-0.15, -0.1) is 11.3 Å². The second-order valence-electron chi connectivity index (χ2n) is 16.6. The molecule has 3 heterocycles. The average Bonchev–Trinajstić information content (AvgIpc) is 3.92. The van der Waals surface area contributed by atoms with Gasteiger partial charge < -0.3 is 9.47 Å².